The van der Waals surface area contributed by atoms with Crippen LogP contribution in [0, 0.1) is 0 Å². The van der Waals surface area contributed by atoms with Gasteiger partial charge < -0.3 is 10.2 Å². The van der Waals surface area contributed by atoms with E-state index in [-0.39, 0.29) is 0 Å². The minimum Gasteiger partial charge on any atom is -0.314 e. The van der Waals surface area contributed by atoms with Crippen molar-refractivity contribution in [2.45, 2.75) is 32.6 Å². The van der Waals surface area contributed by atoms with Crippen molar-refractivity contribution in [2.75, 3.05) is 83.8 Å². The van der Waals surface area contributed by atoms with Crippen molar-refractivity contribution in [3.8, 4) is 0 Å². The van der Waals surface area contributed by atoms with Gasteiger partial charge in [-0.1, -0.05) is 26.2 Å². The summed E-state index contributed by atoms with van der Waals surface area (Å²) in [6.07, 6.45) is 5.30. The molecule has 0 unspecified atom stereocenters. The summed E-state index contributed by atoms with van der Waals surface area (Å²) >= 11 is 11.7. The van der Waals surface area contributed by atoms with E-state index in [1.54, 1.807) is 0 Å². The Balaban J connectivity index is 2.00. The monoisotopic (exact) mass is 380 g/mol. The van der Waals surface area contributed by atoms with Gasteiger partial charge in [0.1, 0.15) is 0 Å². The molecule has 144 valence electrons. The highest BCUT2D eigenvalue weighted by molar-refractivity contribution is 6.18. The molecule has 6 heteroatoms. The van der Waals surface area contributed by atoms with Crippen LogP contribution in [0.1, 0.15) is 32.6 Å². The predicted molar refractivity (Wildman–Crippen MR) is 108 cm³/mol. The van der Waals surface area contributed by atoms with Crippen LogP contribution in [0.4, 0.5) is 0 Å². The van der Waals surface area contributed by atoms with Gasteiger partial charge in [0, 0.05) is 77.2 Å². The van der Waals surface area contributed by atoms with Gasteiger partial charge in [0.2, 0.25) is 0 Å². The first-order valence-electron chi connectivity index (χ1n) is 9.79. The summed E-state index contributed by atoms with van der Waals surface area (Å²) in [6, 6.07) is 0. The van der Waals surface area contributed by atoms with Crippen LogP contribution >= 0.6 is 23.2 Å². The molecule has 4 nitrogen and oxygen atoms in total. The van der Waals surface area contributed by atoms with Crippen molar-refractivity contribution in [1.29, 1.82) is 0 Å². The summed E-state index contributed by atoms with van der Waals surface area (Å²) in [7, 11) is 0. The zero-order valence-electron chi connectivity index (χ0n) is 15.6. The molecule has 1 rings (SSSR count). The van der Waals surface area contributed by atoms with Gasteiger partial charge in [-0.25, -0.2) is 0 Å². The number of nitrogens with zero attached hydrogens (tertiary/aromatic N) is 3. The molecule has 24 heavy (non-hydrogen) atoms. The second kappa shape index (κ2) is 15.7. The number of hydrogen-bond donors (Lipinski definition) is 1. The first-order valence-corrected chi connectivity index (χ1v) is 10.9. The second-order valence-electron chi connectivity index (χ2n) is 6.71. The summed E-state index contributed by atoms with van der Waals surface area (Å²) in [5.74, 6) is 1.49. The van der Waals surface area contributed by atoms with E-state index in [2.05, 4.69) is 26.9 Å². The fourth-order valence-corrected chi connectivity index (χ4v) is 3.65. The lowest BCUT2D eigenvalue weighted by Gasteiger charge is -2.34. The van der Waals surface area contributed by atoms with Crippen LogP contribution in [-0.4, -0.2) is 98.5 Å². The third-order valence-electron chi connectivity index (χ3n) is 4.80. The third kappa shape index (κ3) is 11.1. The van der Waals surface area contributed by atoms with Gasteiger partial charge in [0.25, 0.3) is 0 Å². The summed E-state index contributed by atoms with van der Waals surface area (Å²) < 4.78 is 0. The smallest absolute Gasteiger partial charge is 0.0351 e. The fraction of sp³-hybridized carbons (Fsp3) is 1.00. The number of nitrogens with one attached hydrogen (secondary N) is 1. The van der Waals surface area contributed by atoms with E-state index >= 15 is 0 Å². The van der Waals surface area contributed by atoms with Crippen molar-refractivity contribution in [3.63, 3.8) is 0 Å². The molecule has 0 aliphatic carbocycles. The lowest BCUT2D eigenvalue weighted by atomic mass is 10.2. The van der Waals surface area contributed by atoms with Gasteiger partial charge >= 0.3 is 0 Å². The molecular formula is C18H38Cl2N4. The molecular weight excluding hydrogens is 343 g/mol. The Morgan fingerprint density at radius 1 is 0.792 bits per heavy atom. The molecule has 0 aromatic rings. The number of piperazine rings is 1. The fourth-order valence-electron chi connectivity index (χ4n) is 3.17. The van der Waals surface area contributed by atoms with Crippen LogP contribution in [0.2, 0.25) is 0 Å². The van der Waals surface area contributed by atoms with Crippen LogP contribution < -0.4 is 5.32 Å². The molecule has 1 heterocycles. The first-order chi connectivity index (χ1) is 11.8. The molecule has 0 bridgehead atoms. The number of unbranched alkanes of at least 4 members (excludes halogenated alkanes) is 3. The molecule has 0 saturated carbocycles. The van der Waals surface area contributed by atoms with E-state index in [1.807, 2.05) is 0 Å². The summed E-state index contributed by atoms with van der Waals surface area (Å²) in [5, 5.41) is 3.60. The van der Waals surface area contributed by atoms with Crippen molar-refractivity contribution in [2.24, 2.45) is 0 Å². The van der Waals surface area contributed by atoms with Crippen LogP contribution in [0.15, 0.2) is 0 Å². The van der Waals surface area contributed by atoms with Crippen LogP contribution in [0.5, 0.6) is 0 Å². The largest absolute Gasteiger partial charge is 0.314 e. The zero-order valence-corrected chi connectivity index (χ0v) is 17.1. The predicted octanol–water partition coefficient (Wildman–Crippen LogP) is 2.55. The molecule has 0 aromatic carbocycles. The highest BCUT2D eigenvalue weighted by Crippen LogP contribution is 2.02. The molecule has 0 aromatic heterocycles. The molecule has 1 aliphatic rings. The first kappa shape index (κ1) is 22.5. The summed E-state index contributed by atoms with van der Waals surface area (Å²) in [6.45, 7) is 14.6. The molecule has 1 fully saturated rings. The SMILES string of the molecule is CCCCCCN(CCCl)CCNCCN1CCN(CCCl)CC1. The van der Waals surface area contributed by atoms with E-state index in [9.17, 15) is 0 Å². The average molecular weight is 381 g/mol. The van der Waals surface area contributed by atoms with Crippen LogP contribution in [0.3, 0.4) is 0 Å². The van der Waals surface area contributed by atoms with Crippen molar-refractivity contribution < 1.29 is 0 Å². The minimum atomic E-state index is 0.736. The Bertz CT molecular complexity index is 274. The standard InChI is InChI=1S/C18H38Cl2N4/c1-2-3-4-5-10-22(11-6-19)13-8-21-9-14-24-17-15-23(12-7-20)16-18-24/h21H,2-18H2,1H3. The second-order valence-corrected chi connectivity index (χ2v) is 7.47. The van der Waals surface area contributed by atoms with E-state index < -0.39 is 0 Å². The highest BCUT2D eigenvalue weighted by Gasteiger charge is 2.15. The van der Waals surface area contributed by atoms with E-state index in [0.29, 0.717) is 0 Å². The lowest BCUT2D eigenvalue weighted by Crippen LogP contribution is -2.48. The molecule has 0 spiro atoms. The topological polar surface area (TPSA) is 21.8 Å². The summed E-state index contributed by atoms with van der Waals surface area (Å²) in [4.78, 5) is 7.51. The van der Waals surface area contributed by atoms with E-state index in [4.69, 9.17) is 23.2 Å². The Morgan fingerprint density at radius 3 is 2.12 bits per heavy atom. The number of alkyl halides is 2. The van der Waals surface area contributed by atoms with Crippen molar-refractivity contribution in [1.82, 2.24) is 20.0 Å². The van der Waals surface area contributed by atoms with Gasteiger partial charge in [-0.3, -0.25) is 9.80 Å². The van der Waals surface area contributed by atoms with E-state index in [0.717, 1.165) is 64.1 Å². The zero-order chi connectivity index (χ0) is 17.5. The minimum absolute atomic E-state index is 0.736. The number of rotatable bonds is 15. The quantitative estimate of drug-likeness (QED) is 0.348. The maximum absolute atomic E-state index is 5.93. The Morgan fingerprint density at radius 2 is 1.50 bits per heavy atom. The maximum Gasteiger partial charge on any atom is 0.0351 e. The van der Waals surface area contributed by atoms with E-state index in [1.165, 1.54) is 45.3 Å². The van der Waals surface area contributed by atoms with Gasteiger partial charge in [-0.2, -0.15) is 0 Å². The molecule has 1 aliphatic heterocycles. The number of hydrogen-bond acceptors (Lipinski definition) is 4. The van der Waals surface area contributed by atoms with Crippen molar-refractivity contribution in [3.05, 3.63) is 0 Å². The molecule has 0 amide bonds. The van der Waals surface area contributed by atoms with Crippen LogP contribution in [0.25, 0.3) is 0 Å². The molecule has 1 N–H and O–H groups in total. The highest BCUT2D eigenvalue weighted by atomic mass is 35.5. The Labute approximate surface area is 159 Å². The van der Waals surface area contributed by atoms with Gasteiger partial charge in [0.15, 0.2) is 0 Å². The van der Waals surface area contributed by atoms with Crippen molar-refractivity contribution >= 4 is 23.2 Å². The molecule has 0 radical (unpaired) electrons. The molecule has 1 saturated heterocycles. The summed E-state index contributed by atoms with van der Waals surface area (Å²) in [5.41, 5.74) is 0. The normalized spacial score (nSPS) is 17.0. The Hall–Kier alpha value is 0.420. The van der Waals surface area contributed by atoms with Crippen LogP contribution in [-0.2, 0) is 0 Å². The Kier molecular flexibility index (Phi) is 14.7. The lowest BCUT2D eigenvalue weighted by molar-refractivity contribution is 0.138. The number of halogens is 2. The maximum atomic E-state index is 5.93. The molecule has 0 atom stereocenters. The van der Waals surface area contributed by atoms with Gasteiger partial charge in [-0.15, -0.1) is 23.2 Å². The third-order valence-corrected chi connectivity index (χ3v) is 5.14. The van der Waals surface area contributed by atoms with Gasteiger partial charge in [0.05, 0.1) is 0 Å². The van der Waals surface area contributed by atoms with Gasteiger partial charge in [-0.05, 0) is 13.0 Å². The average Bonchev–Trinajstić information content (AvgIpc) is 2.60.